The Labute approximate surface area is 179 Å². The average molecular weight is 457 g/mol. The third-order valence-electron chi connectivity index (χ3n) is 4.92. The summed E-state index contributed by atoms with van der Waals surface area (Å²) in [6, 6.07) is 8.17. The van der Waals surface area contributed by atoms with Crippen molar-refractivity contribution < 1.29 is 27.1 Å². The Bertz CT molecular complexity index is 1050. The zero-order chi connectivity index (χ0) is 21.9. The van der Waals surface area contributed by atoms with E-state index in [1.54, 1.807) is 18.2 Å². The SMILES string of the molecule is COc1ccc(NC(=O)C2CCCN(S(=O)(=O)c3cc(F)ccc3OC)C2)cc1Cl. The minimum absolute atomic E-state index is 0.0161. The van der Waals surface area contributed by atoms with Crippen molar-refractivity contribution in [1.29, 1.82) is 0 Å². The monoisotopic (exact) mass is 456 g/mol. The molecule has 0 radical (unpaired) electrons. The summed E-state index contributed by atoms with van der Waals surface area (Å²) in [6.45, 7) is 0.220. The van der Waals surface area contributed by atoms with Crippen LogP contribution in [0.4, 0.5) is 10.1 Å². The number of amides is 1. The van der Waals surface area contributed by atoms with Gasteiger partial charge in [-0.25, -0.2) is 12.8 Å². The molecule has 0 aliphatic carbocycles. The molecule has 3 rings (SSSR count). The molecule has 1 N–H and O–H groups in total. The van der Waals surface area contributed by atoms with Gasteiger partial charge < -0.3 is 14.8 Å². The van der Waals surface area contributed by atoms with Gasteiger partial charge in [-0.05, 0) is 49.2 Å². The van der Waals surface area contributed by atoms with Gasteiger partial charge in [-0.1, -0.05) is 11.6 Å². The summed E-state index contributed by atoms with van der Waals surface area (Å²) in [7, 11) is -1.22. The summed E-state index contributed by atoms with van der Waals surface area (Å²) in [6.07, 6.45) is 1.03. The van der Waals surface area contributed by atoms with Gasteiger partial charge in [0.1, 0.15) is 22.2 Å². The van der Waals surface area contributed by atoms with Gasteiger partial charge in [-0.15, -0.1) is 0 Å². The molecule has 1 aliphatic rings. The maximum absolute atomic E-state index is 13.7. The van der Waals surface area contributed by atoms with Crippen LogP contribution in [0.5, 0.6) is 11.5 Å². The first-order chi connectivity index (χ1) is 14.3. The predicted molar refractivity (Wildman–Crippen MR) is 111 cm³/mol. The van der Waals surface area contributed by atoms with Crippen molar-refractivity contribution in [2.45, 2.75) is 17.7 Å². The molecule has 10 heteroatoms. The fourth-order valence-electron chi connectivity index (χ4n) is 3.35. The number of hydrogen-bond donors (Lipinski definition) is 1. The van der Waals surface area contributed by atoms with Crippen molar-refractivity contribution in [2.75, 3.05) is 32.6 Å². The predicted octanol–water partition coefficient (Wildman–Crippen LogP) is 3.54. The maximum atomic E-state index is 13.7. The number of carbonyl (C=O) groups excluding carboxylic acids is 1. The summed E-state index contributed by atoms with van der Waals surface area (Å²) < 4.78 is 51.2. The number of carbonyl (C=O) groups is 1. The van der Waals surface area contributed by atoms with Crippen LogP contribution in [0.3, 0.4) is 0 Å². The van der Waals surface area contributed by atoms with Gasteiger partial charge in [0.15, 0.2) is 0 Å². The lowest BCUT2D eigenvalue weighted by molar-refractivity contribution is -0.120. The topological polar surface area (TPSA) is 84.9 Å². The van der Waals surface area contributed by atoms with Crippen molar-refractivity contribution in [3.05, 3.63) is 47.2 Å². The van der Waals surface area contributed by atoms with Gasteiger partial charge >= 0.3 is 0 Å². The van der Waals surface area contributed by atoms with E-state index in [2.05, 4.69) is 5.32 Å². The molecule has 1 fully saturated rings. The van der Waals surface area contributed by atoms with Gasteiger partial charge in [-0.3, -0.25) is 4.79 Å². The van der Waals surface area contributed by atoms with Gasteiger partial charge in [0.2, 0.25) is 15.9 Å². The summed E-state index contributed by atoms with van der Waals surface area (Å²) in [5.74, 6) is -1.03. The van der Waals surface area contributed by atoms with E-state index in [9.17, 15) is 17.6 Å². The van der Waals surface area contributed by atoms with E-state index in [0.717, 1.165) is 12.1 Å². The second-order valence-electron chi connectivity index (χ2n) is 6.84. The third-order valence-corrected chi connectivity index (χ3v) is 7.10. The highest BCUT2D eigenvalue weighted by atomic mass is 35.5. The summed E-state index contributed by atoms with van der Waals surface area (Å²) in [5, 5.41) is 3.11. The minimum atomic E-state index is -4.03. The van der Waals surface area contributed by atoms with E-state index in [1.165, 1.54) is 24.6 Å². The van der Waals surface area contributed by atoms with E-state index in [4.69, 9.17) is 21.1 Å². The summed E-state index contributed by atoms with van der Waals surface area (Å²) in [5.41, 5.74) is 0.484. The Morgan fingerprint density at radius 1 is 1.17 bits per heavy atom. The zero-order valence-corrected chi connectivity index (χ0v) is 18.1. The lowest BCUT2D eigenvalue weighted by Crippen LogP contribution is -2.43. The number of hydrogen-bond acceptors (Lipinski definition) is 5. The van der Waals surface area contributed by atoms with Crippen LogP contribution in [0, 0.1) is 11.7 Å². The molecule has 0 spiro atoms. The molecule has 7 nitrogen and oxygen atoms in total. The molecule has 1 heterocycles. The Morgan fingerprint density at radius 2 is 1.87 bits per heavy atom. The Morgan fingerprint density at radius 3 is 2.53 bits per heavy atom. The number of benzene rings is 2. The normalized spacial score (nSPS) is 17.4. The molecule has 0 aromatic heterocycles. The third kappa shape index (κ3) is 4.69. The Hall–Kier alpha value is -2.36. The standard InChI is InChI=1S/C20H22ClFN2O5S/c1-28-17-8-6-15(11-16(17)21)23-20(25)13-4-3-9-24(12-13)30(26,27)19-10-14(22)5-7-18(19)29-2/h5-8,10-11,13H,3-4,9,12H2,1-2H3,(H,23,25). The second kappa shape index (κ2) is 9.20. The van der Waals surface area contributed by atoms with Gasteiger partial charge in [-0.2, -0.15) is 4.31 Å². The molecule has 30 heavy (non-hydrogen) atoms. The highest BCUT2D eigenvalue weighted by Crippen LogP contribution is 2.31. The van der Waals surface area contributed by atoms with Crippen LogP contribution in [0.1, 0.15) is 12.8 Å². The van der Waals surface area contributed by atoms with Crippen molar-refractivity contribution in [1.82, 2.24) is 4.31 Å². The first-order valence-corrected chi connectivity index (χ1v) is 11.1. The van der Waals surface area contributed by atoms with Crippen LogP contribution in [0.25, 0.3) is 0 Å². The molecular formula is C20H22ClFN2O5S. The smallest absolute Gasteiger partial charge is 0.246 e. The second-order valence-corrected chi connectivity index (χ2v) is 9.15. The molecule has 1 aliphatic heterocycles. The number of halogens is 2. The zero-order valence-electron chi connectivity index (χ0n) is 16.5. The number of sulfonamides is 1. The Balaban J connectivity index is 1.77. The van der Waals surface area contributed by atoms with Crippen LogP contribution in [-0.4, -0.2) is 45.9 Å². The van der Waals surface area contributed by atoms with Crippen LogP contribution < -0.4 is 14.8 Å². The van der Waals surface area contributed by atoms with Crippen LogP contribution >= 0.6 is 11.6 Å². The average Bonchev–Trinajstić information content (AvgIpc) is 2.74. The molecule has 162 valence electrons. The largest absolute Gasteiger partial charge is 0.495 e. The molecular weight excluding hydrogens is 435 g/mol. The molecule has 1 atom stereocenters. The highest BCUT2D eigenvalue weighted by molar-refractivity contribution is 7.89. The van der Waals surface area contributed by atoms with Crippen molar-refractivity contribution in [3.63, 3.8) is 0 Å². The molecule has 0 saturated carbocycles. The fourth-order valence-corrected chi connectivity index (χ4v) is 5.30. The lowest BCUT2D eigenvalue weighted by Gasteiger charge is -2.31. The number of nitrogens with zero attached hydrogens (tertiary/aromatic N) is 1. The van der Waals surface area contributed by atoms with E-state index < -0.39 is 21.8 Å². The number of piperidine rings is 1. The molecule has 1 saturated heterocycles. The highest BCUT2D eigenvalue weighted by Gasteiger charge is 2.35. The van der Waals surface area contributed by atoms with Crippen molar-refractivity contribution in [3.8, 4) is 11.5 Å². The number of anilines is 1. The van der Waals surface area contributed by atoms with Crippen LogP contribution in [0.15, 0.2) is 41.3 Å². The molecule has 1 amide bonds. The minimum Gasteiger partial charge on any atom is -0.495 e. The number of rotatable bonds is 6. The lowest BCUT2D eigenvalue weighted by atomic mass is 9.98. The van der Waals surface area contributed by atoms with E-state index in [-0.39, 0.29) is 29.6 Å². The number of methoxy groups -OCH3 is 2. The van der Waals surface area contributed by atoms with Gasteiger partial charge in [0.05, 0.1) is 25.2 Å². The Kier molecular flexibility index (Phi) is 6.84. The van der Waals surface area contributed by atoms with Gasteiger partial charge in [0.25, 0.3) is 0 Å². The van der Waals surface area contributed by atoms with E-state index >= 15 is 0 Å². The molecule has 0 bridgehead atoms. The molecule has 2 aromatic carbocycles. The molecule has 1 unspecified atom stereocenters. The van der Waals surface area contributed by atoms with E-state index in [0.29, 0.717) is 29.3 Å². The van der Waals surface area contributed by atoms with Gasteiger partial charge in [0, 0.05) is 18.8 Å². The molecule has 2 aromatic rings. The fraction of sp³-hybridized carbons (Fsp3) is 0.350. The first-order valence-electron chi connectivity index (χ1n) is 9.24. The number of ether oxygens (including phenoxy) is 2. The first kappa shape index (κ1) is 22.3. The van der Waals surface area contributed by atoms with Crippen molar-refractivity contribution in [2.24, 2.45) is 5.92 Å². The quantitative estimate of drug-likeness (QED) is 0.718. The van der Waals surface area contributed by atoms with Crippen LogP contribution in [-0.2, 0) is 14.8 Å². The maximum Gasteiger partial charge on any atom is 0.246 e. The van der Waals surface area contributed by atoms with Crippen molar-refractivity contribution >= 4 is 33.2 Å². The van der Waals surface area contributed by atoms with E-state index in [1.807, 2.05) is 0 Å². The summed E-state index contributed by atoms with van der Waals surface area (Å²) in [4.78, 5) is 12.5. The number of nitrogens with one attached hydrogen (secondary N) is 1. The van der Waals surface area contributed by atoms with Crippen LogP contribution in [0.2, 0.25) is 5.02 Å². The summed E-state index contributed by atoms with van der Waals surface area (Å²) >= 11 is 6.08.